The van der Waals surface area contributed by atoms with Gasteiger partial charge in [0.15, 0.2) is 0 Å². The highest BCUT2D eigenvalue weighted by atomic mass is 32.2. The largest absolute Gasteiger partial charge is 0.354 e. The SMILES string of the molecule is CCCCNC(=O)[C@@H](C)N(Cc1ccc(F)cc1)C(=O)CN(c1ccc(CC)cc1)S(=O)(=O)c1ccccc1. The van der Waals surface area contributed by atoms with E-state index in [4.69, 9.17) is 0 Å². The molecule has 1 atom stereocenters. The van der Waals surface area contributed by atoms with Crippen LogP contribution in [0.5, 0.6) is 0 Å². The number of anilines is 1. The van der Waals surface area contributed by atoms with Gasteiger partial charge in [-0.25, -0.2) is 12.8 Å². The smallest absolute Gasteiger partial charge is 0.264 e. The number of nitrogens with zero attached hydrogens (tertiary/aromatic N) is 2. The number of carbonyl (C=O) groups excluding carboxylic acids is 2. The molecular weight excluding hydrogens is 517 g/mol. The Hall–Kier alpha value is -3.72. The molecule has 0 aliphatic carbocycles. The molecule has 0 radical (unpaired) electrons. The first-order valence-corrected chi connectivity index (χ1v) is 14.6. The Labute approximate surface area is 230 Å². The second-order valence-corrected chi connectivity index (χ2v) is 11.2. The molecule has 9 heteroatoms. The number of hydrogen-bond acceptors (Lipinski definition) is 4. The summed E-state index contributed by atoms with van der Waals surface area (Å²) in [6.07, 6.45) is 2.47. The lowest BCUT2D eigenvalue weighted by Crippen LogP contribution is -2.51. The van der Waals surface area contributed by atoms with Crippen LogP contribution < -0.4 is 9.62 Å². The highest BCUT2D eigenvalue weighted by molar-refractivity contribution is 7.92. The van der Waals surface area contributed by atoms with E-state index in [9.17, 15) is 22.4 Å². The van der Waals surface area contributed by atoms with Crippen molar-refractivity contribution in [2.45, 2.75) is 57.5 Å². The lowest BCUT2D eigenvalue weighted by Gasteiger charge is -2.32. The first-order valence-electron chi connectivity index (χ1n) is 13.2. The average Bonchev–Trinajstić information content (AvgIpc) is 2.95. The maximum absolute atomic E-state index is 13.8. The van der Waals surface area contributed by atoms with Gasteiger partial charge >= 0.3 is 0 Å². The fraction of sp³-hybridized carbons (Fsp3) is 0.333. The number of aryl methyl sites for hydroxylation is 1. The third-order valence-corrected chi connectivity index (χ3v) is 8.29. The second kappa shape index (κ2) is 13.9. The highest BCUT2D eigenvalue weighted by Crippen LogP contribution is 2.25. The molecule has 0 fully saturated rings. The van der Waals surface area contributed by atoms with Crippen LogP contribution in [0.3, 0.4) is 0 Å². The van der Waals surface area contributed by atoms with E-state index in [1.165, 1.54) is 29.2 Å². The molecule has 0 bridgehead atoms. The van der Waals surface area contributed by atoms with Crippen LogP contribution in [0.4, 0.5) is 10.1 Å². The van der Waals surface area contributed by atoms with Gasteiger partial charge in [-0.15, -0.1) is 0 Å². The predicted molar refractivity (Wildman–Crippen MR) is 151 cm³/mol. The number of unbranched alkanes of at least 4 members (excludes halogenated alkanes) is 1. The summed E-state index contributed by atoms with van der Waals surface area (Å²) in [6.45, 7) is 5.57. The van der Waals surface area contributed by atoms with Gasteiger partial charge in [0.05, 0.1) is 10.6 Å². The Bertz CT molecular complexity index is 1330. The third-order valence-electron chi connectivity index (χ3n) is 6.51. The molecule has 39 heavy (non-hydrogen) atoms. The molecule has 2 amide bonds. The number of benzene rings is 3. The van der Waals surface area contributed by atoms with E-state index in [1.54, 1.807) is 49.4 Å². The van der Waals surface area contributed by atoms with E-state index in [0.717, 1.165) is 29.1 Å². The fourth-order valence-electron chi connectivity index (χ4n) is 4.05. The zero-order valence-electron chi connectivity index (χ0n) is 22.6. The van der Waals surface area contributed by atoms with Crippen molar-refractivity contribution in [2.75, 3.05) is 17.4 Å². The summed E-state index contributed by atoms with van der Waals surface area (Å²) in [5, 5.41) is 2.84. The Morgan fingerprint density at radius 3 is 2.10 bits per heavy atom. The minimum absolute atomic E-state index is 0.00940. The van der Waals surface area contributed by atoms with Crippen molar-refractivity contribution in [3.63, 3.8) is 0 Å². The number of carbonyl (C=O) groups is 2. The number of hydrogen-bond donors (Lipinski definition) is 1. The summed E-state index contributed by atoms with van der Waals surface area (Å²) in [6, 6.07) is 19.7. The van der Waals surface area contributed by atoms with Gasteiger partial charge in [-0.05, 0) is 67.3 Å². The molecule has 7 nitrogen and oxygen atoms in total. The Morgan fingerprint density at radius 2 is 1.51 bits per heavy atom. The molecule has 0 spiro atoms. The summed E-state index contributed by atoms with van der Waals surface area (Å²) >= 11 is 0. The first-order chi connectivity index (χ1) is 18.7. The molecule has 0 saturated carbocycles. The Balaban J connectivity index is 1.98. The molecule has 3 aromatic carbocycles. The summed E-state index contributed by atoms with van der Waals surface area (Å²) in [5.41, 5.74) is 1.98. The maximum Gasteiger partial charge on any atom is 0.264 e. The maximum atomic E-state index is 13.8. The number of nitrogens with one attached hydrogen (secondary N) is 1. The van der Waals surface area contributed by atoms with Crippen molar-refractivity contribution >= 4 is 27.5 Å². The third kappa shape index (κ3) is 7.89. The molecule has 208 valence electrons. The van der Waals surface area contributed by atoms with E-state index < -0.39 is 34.3 Å². The van der Waals surface area contributed by atoms with Gasteiger partial charge in [-0.3, -0.25) is 13.9 Å². The van der Waals surface area contributed by atoms with Crippen molar-refractivity contribution in [1.82, 2.24) is 10.2 Å². The molecule has 0 unspecified atom stereocenters. The van der Waals surface area contributed by atoms with Crippen LogP contribution in [0.15, 0.2) is 83.8 Å². The lowest BCUT2D eigenvalue weighted by atomic mass is 10.1. The summed E-state index contributed by atoms with van der Waals surface area (Å²) in [4.78, 5) is 28.2. The van der Waals surface area contributed by atoms with Crippen LogP contribution >= 0.6 is 0 Å². The number of amides is 2. The standard InChI is InChI=1S/C30H36FN3O4S/c1-4-6-20-32-30(36)23(3)33(21-25-12-16-26(31)17-13-25)29(35)22-34(27-18-14-24(5-2)15-19-27)39(37,38)28-10-8-7-9-11-28/h7-19,23H,4-6,20-22H2,1-3H3,(H,32,36)/t23-/m1/s1. The average molecular weight is 554 g/mol. The van der Waals surface area contributed by atoms with E-state index in [0.29, 0.717) is 17.8 Å². The van der Waals surface area contributed by atoms with Gasteiger partial charge in [0, 0.05) is 13.1 Å². The minimum atomic E-state index is -4.11. The van der Waals surface area contributed by atoms with Crippen LogP contribution in [-0.2, 0) is 32.6 Å². The minimum Gasteiger partial charge on any atom is -0.354 e. The predicted octanol–water partition coefficient (Wildman–Crippen LogP) is 4.92. The monoisotopic (exact) mass is 553 g/mol. The molecule has 3 aromatic rings. The Kier molecular flexibility index (Phi) is 10.6. The Morgan fingerprint density at radius 1 is 0.897 bits per heavy atom. The van der Waals surface area contributed by atoms with Gasteiger partial charge in [-0.2, -0.15) is 0 Å². The number of rotatable bonds is 13. The van der Waals surface area contributed by atoms with E-state index in [2.05, 4.69) is 5.32 Å². The van der Waals surface area contributed by atoms with Crippen LogP contribution in [0.1, 0.15) is 44.7 Å². The molecule has 1 N–H and O–H groups in total. The lowest BCUT2D eigenvalue weighted by molar-refractivity contribution is -0.139. The van der Waals surface area contributed by atoms with Gasteiger partial charge in [-0.1, -0.05) is 62.7 Å². The van der Waals surface area contributed by atoms with Crippen LogP contribution in [0, 0.1) is 5.82 Å². The second-order valence-electron chi connectivity index (χ2n) is 9.31. The van der Waals surface area contributed by atoms with Crippen molar-refractivity contribution in [2.24, 2.45) is 0 Å². The van der Waals surface area contributed by atoms with Crippen LogP contribution in [-0.4, -0.2) is 44.3 Å². The van der Waals surface area contributed by atoms with Gasteiger partial charge < -0.3 is 10.2 Å². The van der Waals surface area contributed by atoms with E-state index in [1.807, 2.05) is 26.0 Å². The van der Waals surface area contributed by atoms with E-state index >= 15 is 0 Å². The summed E-state index contributed by atoms with van der Waals surface area (Å²) in [7, 11) is -4.11. The summed E-state index contributed by atoms with van der Waals surface area (Å²) < 4.78 is 42.1. The quantitative estimate of drug-likeness (QED) is 0.305. The molecular formula is C30H36FN3O4S. The van der Waals surface area contributed by atoms with Crippen molar-refractivity contribution in [3.05, 3.63) is 95.8 Å². The molecule has 0 aliphatic rings. The zero-order chi connectivity index (χ0) is 28.4. The number of halogens is 1. The van der Waals surface area contributed by atoms with Crippen LogP contribution in [0.25, 0.3) is 0 Å². The van der Waals surface area contributed by atoms with Gasteiger partial charge in [0.25, 0.3) is 10.0 Å². The van der Waals surface area contributed by atoms with Gasteiger partial charge in [0.2, 0.25) is 11.8 Å². The molecule has 0 saturated heterocycles. The zero-order valence-corrected chi connectivity index (χ0v) is 23.5. The molecule has 0 aliphatic heterocycles. The summed E-state index contributed by atoms with van der Waals surface area (Å²) in [5.74, 6) is -1.32. The molecule has 0 heterocycles. The topological polar surface area (TPSA) is 86.8 Å². The molecule has 0 aromatic heterocycles. The van der Waals surface area contributed by atoms with Gasteiger partial charge in [0.1, 0.15) is 18.4 Å². The highest BCUT2D eigenvalue weighted by Gasteiger charge is 2.32. The van der Waals surface area contributed by atoms with Crippen molar-refractivity contribution < 1.29 is 22.4 Å². The van der Waals surface area contributed by atoms with Crippen molar-refractivity contribution in [3.8, 4) is 0 Å². The normalized spacial score (nSPS) is 12.0. The number of sulfonamides is 1. The van der Waals surface area contributed by atoms with Crippen molar-refractivity contribution in [1.29, 1.82) is 0 Å². The van der Waals surface area contributed by atoms with E-state index in [-0.39, 0.29) is 17.3 Å². The molecule has 3 rings (SSSR count). The van der Waals surface area contributed by atoms with Crippen LogP contribution in [0.2, 0.25) is 0 Å². The first kappa shape index (κ1) is 29.8. The fourth-order valence-corrected chi connectivity index (χ4v) is 5.49.